The number of nitrogens with one attached hydrogen (secondary N) is 1. The summed E-state index contributed by atoms with van der Waals surface area (Å²) in [6.07, 6.45) is 8.94. The fourth-order valence-corrected chi connectivity index (χ4v) is 3.83. The van der Waals surface area contributed by atoms with E-state index in [-0.39, 0.29) is 0 Å². The quantitative estimate of drug-likeness (QED) is 0.814. The van der Waals surface area contributed by atoms with Gasteiger partial charge in [-0.2, -0.15) is 0 Å². The first-order chi connectivity index (χ1) is 9.22. The van der Waals surface area contributed by atoms with E-state index in [1.807, 2.05) is 0 Å². The van der Waals surface area contributed by atoms with E-state index in [2.05, 4.69) is 5.32 Å². The minimum Gasteiger partial charge on any atom is -0.380 e. The second kappa shape index (κ2) is 5.48. The zero-order valence-corrected chi connectivity index (χ0v) is 11.2. The monoisotopic (exact) mass is 265 g/mol. The lowest BCUT2D eigenvalue weighted by Crippen LogP contribution is -2.34. The summed E-state index contributed by atoms with van der Waals surface area (Å²) in [5, 5.41) is 3.27. The van der Waals surface area contributed by atoms with E-state index in [9.17, 15) is 8.78 Å². The Morgan fingerprint density at radius 1 is 0.947 bits per heavy atom. The molecule has 104 valence electrons. The number of anilines is 1. The van der Waals surface area contributed by atoms with Gasteiger partial charge in [0.1, 0.15) is 11.6 Å². The molecule has 3 heteroatoms. The van der Waals surface area contributed by atoms with E-state index in [1.54, 1.807) is 0 Å². The molecule has 0 spiro atoms. The summed E-state index contributed by atoms with van der Waals surface area (Å²) >= 11 is 0. The number of hydrogen-bond acceptors (Lipinski definition) is 1. The molecule has 1 nitrogen and oxygen atoms in total. The van der Waals surface area contributed by atoms with Gasteiger partial charge in [0.05, 0.1) is 5.69 Å². The van der Waals surface area contributed by atoms with Gasteiger partial charge >= 0.3 is 0 Å². The fraction of sp³-hybridized carbons (Fsp3) is 0.625. The Morgan fingerprint density at radius 2 is 1.74 bits per heavy atom. The van der Waals surface area contributed by atoms with Crippen LogP contribution in [0.15, 0.2) is 18.2 Å². The second-order valence-corrected chi connectivity index (χ2v) is 6.08. The average Bonchev–Trinajstić information content (AvgIpc) is 2.42. The molecule has 1 N–H and O–H groups in total. The fourth-order valence-electron chi connectivity index (χ4n) is 3.83. The van der Waals surface area contributed by atoms with Crippen LogP contribution in [0.4, 0.5) is 14.5 Å². The first kappa shape index (κ1) is 12.9. The first-order valence-corrected chi connectivity index (χ1v) is 7.44. The van der Waals surface area contributed by atoms with E-state index in [0.29, 0.717) is 11.7 Å². The molecule has 0 amide bonds. The molecule has 19 heavy (non-hydrogen) atoms. The smallest absolute Gasteiger partial charge is 0.149 e. The van der Waals surface area contributed by atoms with Crippen LogP contribution in [0.3, 0.4) is 0 Å². The summed E-state index contributed by atoms with van der Waals surface area (Å²) < 4.78 is 26.5. The summed E-state index contributed by atoms with van der Waals surface area (Å²) in [6, 6.07) is 4.13. The molecule has 1 aromatic carbocycles. The molecule has 3 rings (SSSR count). The van der Waals surface area contributed by atoms with Gasteiger partial charge in [-0.1, -0.05) is 25.7 Å². The highest BCUT2D eigenvalue weighted by molar-refractivity contribution is 5.45. The second-order valence-electron chi connectivity index (χ2n) is 6.08. The zero-order valence-electron chi connectivity index (χ0n) is 11.2. The van der Waals surface area contributed by atoms with Gasteiger partial charge in [-0.15, -0.1) is 0 Å². The summed E-state index contributed by atoms with van der Waals surface area (Å²) in [5.41, 5.74) is 0.445. The van der Waals surface area contributed by atoms with Crippen molar-refractivity contribution in [3.05, 3.63) is 29.8 Å². The lowest BCUT2D eigenvalue weighted by molar-refractivity contribution is 0.162. The maximum absolute atomic E-state index is 13.6. The molecular weight excluding hydrogens is 244 g/mol. The highest BCUT2D eigenvalue weighted by Gasteiger charge is 2.32. The van der Waals surface area contributed by atoms with Crippen LogP contribution in [-0.4, -0.2) is 6.04 Å². The van der Waals surface area contributed by atoms with Gasteiger partial charge in [0.15, 0.2) is 0 Å². The topological polar surface area (TPSA) is 12.0 Å². The molecule has 2 aliphatic rings. The average molecular weight is 265 g/mol. The van der Waals surface area contributed by atoms with Crippen molar-refractivity contribution in [1.82, 2.24) is 0 Å². The van der Waals surface area contributed by atoms with Crippen LogP contribution >= 0.6 is 0 Å². The molecule has 0 aliphatic heterocycles. The summed E-state index contributed by atoms with van der Waals surface area (Å²) in [5.74, 6) is 0.707. The SMILES string of the molecule is Fc1ccc(NC2CCC3CCCCC3C2)c(F)c1. The van der Waals surface area contributed by atoms with Crippen LogP contribution in [0, 0.1) is 23.5 Å². The van der Waals surface area contributed by atoms with E-state index < -0.39 is 11.6 Å². The van der Waals surface area contributed by atoms with Gasteiger partial charge in [-0.3, -0.25) is 0 Å². The van der Waals surface area contributed by atoms with Gasteiger partial charge < -0.3 is 5.32 Å². The van der Waals surface area contributed by atoms with Crippen molar-refractivity contribution in [1.29, 1.82) is 0 Å². The first-order valence-electron chi connectivity index (χ1n) is 7.44. The molecule has 1 aromatic rings. The van der Waals surface area contributed by atoms with Crippen LogP contribution in [0.25, 0.3) is 0 Å². The van der Waals surface area contributed by atoms with Gasteiger partial charge in [-0.25, -0.2) is 8.78 Å². The Balaban J connectivity index is 1.64. The largest absolute Gasteiger partial charge is 0.380 e. The molecule has 2 fully saturated rings. The Kier molecular flexibility index (Phi) is 3.72. The number of benzene rings is 1. The van der Waals surface area contributed by atoms with Crippen LogP contribution in [0.5, 0.6) is 0 Å². The number of rotatable bonds is 2. The molecule has 2 saturated carbocycles. The van der Waals surface area contributed by atoms with Crippen LogP contribution in [0.1, 0.15) is 44.9 Å². The number of halogens is 2. The summed E-state index contributed by atoms with van der Waals surface area (Å²) in [4.78, 5) is 0. The predicted octanol–water partition coefficient (Wildman–Crippen LogP) is 4.74. The molecule has 2 aliphatic carbocycles. The molecule has 3 atom stereocenters. The van der Waals surface area contributed by atoms with E-state index >= 15 is 0 Å². The normalized spacial score (nSPS) is 30.7. The third kappa shape index (κ3) is 2.90. The summed E-state index contributed by atoms with van der Waals surface area (Å²) in [6.45, 7) is 0. The minimum atomic E-state index is -0.515. The maximum atomic E-state index is 13.6. The van der Waals surface area contributed by atoms with Crippen molar-refractivity contribution in [3.8, 4) is 0 Å². The Morgan fingerprint density at radius 3 is 2.53 bits per heavy atom. The van der Waals surface area contributed by atoms with Crippen molar-refractivity contribution >= 4 is 5.69 Å². The van der Waals surface area contributed by atoms with Crippen molar-refractivity contribution in [3.63, 3.8) is 0 Å². The maximum Gasteiger partial charge on any atom is 0.149 e. The van der Waals surface area contributed by atoms with Crippen molar-refractivity contribution < 1.29 is 8.78 Å². The van der Waals surface area contributed by atoms with Crippen molar-refractivity contribution in [2.24, 2.45) is 11.8 Å². The molecule has 0 radical (unpaired) electrons. The summed E-state index contributed by atoms with van der Waals surface area (Å²) in [7, 11) is 0. The Bertz CT molecular complexity index is 446. The van der Waals surface area contributed by atoms with Gasteiger partial charge in [0.25, 0.3) is 0 Å². The predicted molar refractivity (Wildman–Crippen MR) is 73.1 cm³/mol. The van der Waals surface area contributed by atoms with E-state index in [1.165, 1.54) is 44.2 Å². The molecule has 0 aromatic heterocycles. The molecule has 0 bridgehead atoms. The lowest BCUT2D eigenvalue weighted by Gasteiger charge is -2.39. The Labute approximate surface area is 113 Å². The number of fused-ring (bicyclic) bond motifs is 1. The Hall–Kier alpha value is -1.12. The van der Waals surface area contributed by atoms with Crippen LogP contribution in [0.2, 0.25) is 0 Å². The van der Waals surface area contributed by atoms with Crippen molar-refractivity contribution in [2.75, 3.05) is 5.32 Å². The van der Waals surface area contributed by atoms with Gasteiger partial charge in [0.2, 0.25) is 0 Å². The molecular formula is C16H21F2N. The third-order valence-corrected chi connectivity index (χ3v) is 4.83. The zero-order chi connectivity index (χ0) is 13.2. The standard InChI is InChI=1S/C16H21F2N/c17-13-6-8-16(15(18)10-13)19-14-7-5-11-3-1-2-4-12(11)9-14/h6,8,10-12,14,19H,1-5,7,9H2. The van der Waals surface area contributed by atoms with Crippen LogP contribution in [-0.2, 0) is 0 Å². The van der Waals surface area contributed by atoms with E-state index in [4.69, 9.17) is 0 Å². The molecule has 3 unspecified atom stereocenters. The van der Waals surface area contributed by atoms with Gasteiger partial charge in [0, 0.05) is 12.1 Å². The number of hydrogen-bond donors (Lipinski definition) is 1. The minimum absolute atomic E-state index is 0.347. The van der Waals surface area contributed by atoms with Gasteiger partial charge in [-0.05, 0) is 43.2 Å². The molecule has 0 heterocycles. The lowest BCUT2D eigenvalue weighted by atomic mass is 9.69. The van der Waals surface area contributed by atoms with E-state index in [0.717, 1.165) is 30.7 Å². The highest BCUT2D eigenvalue weighted by atomic mass is 19.1. The van der Waals surface area contributed by atoms with Crippen LogP contribution < -0.4 is 5.32 Å². The van der Waals surface area contributed by atoms with Crippen molar-refractivity contribution in [2.45, 2.75) is 51.0 Å². The molecule has 0 saturated heterocycles. The third-order valence-electron chi connectivity index (χ3n) is 4.83. The highest BCUT2D eigenvalue weighted by Crippen LogP contribution is 2.41.